The zero-order valence-electron chi connectivity index (χ0n) is 19.4. The summed E-state index contributed by atoms with van der Waals surface area (Å²) >= 11 is 0. The molecular formula is C22H41NaO5S. The average Bonchev–Trinajstić information content (AvgIpc) is 2.92. The first-order valence-corrected chi connectivity index (χ1v) is 12.5. The second kappa shape index (κ2) is 13.8. The van der Waals surface area contributed by atoms with Crippen molar-refractivity contribution in [1.29, 1.82) is 0 Å². The fourth-order valence-corrected chi connectivity index (χ4v) is 4.97. The number of hydrogen-bond donors (Lipinski definition) is 0. The Labute approximate surface area is 201 Å². The van der Waals surface area contributed by atoms with Gasteiger partial charge in [-0.3, -0.25) is 8.98 Å². The van der Waals surface area contributed by atoms with Crippen LogP contribution in [0.2, 0.25) is 0 Å². The van der Waals surface area contributed by atoms with E-state index in [0.717, 1.165) is 25.7 Å². The van der Waals surface area contributed by atoms with Crippen LogP contribution >= 0.6 is 0 Å². The van der Waals surface area contributed by atoms with E-state index in [1.807, 2.05) is 0 Å². The van der Waals surface area contributed by atoms with E-state index in [1.54, 1.807) is 0 Å². The molecule has 2 fully saturated rings. The van der Waals surface area contributed by atoms with Gasteiger partial charge in [0.2, 0.25) is 10.4 Å². The first-order valence-electron chi connectivity index (χ1n) is 11.2. The minimum absolute atomic E-state index is 0. The minimum atomic E-state index is -4.48. The molecular weight excluding hydrogens is 399 g/mol. The summed E-state index contributed by atoms with van der Waals surface area (Å²) in [4.78, 5) is 11.6. The molecule has 0 aliphatic heterocycles. The van der Waals surface area contributed by atoms with Crippen LogP contribution in [0.1, 0.15) is 111 Å². The predicted octanol–water partition coefficient (Wildman–Crippen LogP) is 2.79. The standard InChI is InChI=1S/C12H26O4S.C10H16O.Na/c1-2-3-4-5-6-7-8-9-10-11-12-16-17(13,14)15;1-9(2)7-4-5-10(9,3)8(11)6-7;/h2-12H2,1H3,(H,13,14,15);7H,4-6H2,1-3H3;/q;;+1/p-1. The summed E-state index contributed by atoms with van der Waals surface area (Å²) in [5.41, 5.74) is 0.307. The second-order valence-corrected chi connectivity index (χ2v) is 10.4. The van der Waals surface area contributed by atoms with Crippen LogP contribution in [0, 0.1) is 16.7 Å². The van der Waals surface area contributed by atoms with Crippen molar-refractivity contribution in [2.24, 2.45) is 16.7 Å². The van der Waals surface area contributed by atoms with Gasteiger partial charge in [-0.1, -0.05) is 85.5 Å². The molecule has 0 amide bonds. The van der Waals surface area contributed by atoms with Crippen molar-refractivity contribution in [3.63, 3.8) is 0 Å². The Kier molecular flexibility index (Phi) is 14.1. The smallest absolute Gasteiger partial charge is 0.726 e. The summed E-state index contributed by atoms with van der Waals surface area (Å²) in [6.45, 7) is 8.92. The van der Waals surface area contributed by atoms with E-state index in [0.29, 0.717) is 18.1 Å². The Bertz CT molecular complexity index is 576. The van der Waals surface area contributed by atoms with Gasteiger partial charge >= 0.3 is 29.6 Å². The van der Waals surface area contributed by atoms with Crippen LogP contribution in [0.5, 0.6) is 0 Å². The van der Waals surface area contributed by atoms with Gasteiger partial charge in [0.1, 0.15) is 5.78 Å². The van der Waals surface area contributed by atoms with E-state index in [4.69, 9.17) is 0 Å². The topological polar surface area (TPSA) is 83.5 Å². The molecule has 29 heavy (non-hydrogen) atoms. The monoisotopic (exact) mass is 440 g/mol. The maximum Gasteiger partial charge on any atom is 1.00 e. The first kappa shape index (κ1) is 29.5. The molecule has 2 atom stereocenters. The molecule has 5 nitrogen and oxygen atoms in total. The van der Waals surface area contributed by atoms with Gasteiger partial charge in [0.05, 0.1) is 6.61 Å². The summed E-state index contributed by atoms with van der Waals surface area (Å²) < 4.78 is 34.5. The zero-order valence-corrected chi connectivity index (χ0v) is 22.2. The molecule has 2 aliphatic rings. The number of rotatable bonds is 12. The third-order valence-electron chi connectivity index (χ3n) is 7.21. The van der Waals surface area contributed by atoms with Crippen molar-refractivity contribution in [3.05, 3.63) is 0 Å². The number of hydrogen-bond acceptors (Lipinski definition) is 5. The van der Waals surface area contributed by atoms with Gasteiger partial charge in [-0.05, 0) is 30.6 Å². The summed E-state index contributed by atoms with van der Waals surface area (Å²) in [6.07, 6.45) is 15.0. The first-order chi connectivity index (χ1) is 13.0. The molecule has 2 bridgehead atoms. The molecule has 0 heterocycles. The molecule has 2 unspecified atom stereocenters. The number of Topliss-reactive ketones (excluding diaryl/α,β-unsaturated/α-hetero) is 1. The van der Waals surface area contributed by atoms with Crippen LogP contribution in [0.3, 0.4) is 0 Å². The molecule has 2 rings (SSSR count). The van der Waals surface area contributed by atoms with Crippen molar-refractivity contribution in [2.45, 2.75) is 111 Å². The Morgan fingerprint density at radius 3 is 1.76 bits per heavy atom. The third kappa shape index (κ3) is 9.69. The molecule has 2 aliphatic carbocycles. The Morgan fingerprint density at radius 1 is 0.966 bits per heavy atom. The van der Waals surface area contributed by atoms with E-state index < -0.39 is 10.4 Å². The van der Waals surface area contributed by atoms with Crippen LogP contribution in [-0.4, -0.2) is 25.4 Å². The maximum absolute atomic E-state index is 11.6. The fraction of sp³-hybridized carbons (Fsp3) is 0.955. The molecule has 0 saturated heterocycles. The third-order valence-corrected chi connectivity index (χ3v) is 7.66. The maximum atomic E-state index is 11.6. The van der Waals surface area contributed by atoms with E-state index in [1.165, 1.54) is 51.4 Å². The van der Waals surface area contributed by atoms with Gasteiger partial charge in [0.15, 0.2) is 0 Å². The van der Waals surface area contributed by atoms with Crippen molar-refractivity contribution in [3.8, 4) is 0 Å². The molecule has 0 spiro atoms. The Morgan fingerprint density at radius 2 is 1.45 bits per heavy atom. The number of carbonyl (C=O) groups is 1. The average molecular weight is 441 g/mol. The predicted molar refractivity (Wildman–Crippen MR) is 112 cm³/mol. The summed E-state index contributed by atoms with van der Waals surface area (Å²) in [6, 6.07) is 0. The molecule has 166 valence electrons. The van der Waals surface area contributed by atoms with Gasteiger partial charge < -0.3 is 4.55 Å². The molecule has 0 N–H and O–H groups in total. The number of fused-ring (bicyclic) bond motifs is 2. The molecule has 2 saturated carbocycles. The molecule has 0 aromatic rings. The van der Waals surface area contributed by atoms with Gasteiger partial charge in [-0.15, -0.1) is 0 Å². The van der Waals surface area contributed by atoms with E-state index in [9.17, 15) is 17.8 Å². The summed E-state index contributed by atoms with van der Waals surface area (Å²) in [5.74, 6) is 1.19. The van der Waals surface area contributed by atoms with Crippen LogP contribution in [0.4, 0.5) is 0 Å². The van der Waals surface area contributed by atoms with Gasteiger partial charge in [0.25, 0.3) is 0 Å². The summed E-state index contributed by atoms with van der Waals surface area (Å²) in [7, 11) is -4.48. The van der Waals surface area contributed by atoms with E-state index in [-0.39, 0.29) is 47.0 Å². The Hall–Kier alpha value is 0.540. The summed E-state index contributed by atoms with van der Waals surface area (Å²) in [5, 5.41) is 0. The van der Waals surface area contributed by atoms with Crippen molar-refractivity contribution in [2.75, 3.05) is 6.61 Å². The number of ketones is 1. The van der Waals surface area contributed by atoms with Gasteiger partial charge in [-0.2, -0.15) is 0 Å². The SMILES string of the molecule is CC12CCC(CC1=O)C2(C)C.CCCCCCCCCCCCOS(=O)(=O)[O-].[Na+]. The van der Waals surface area contributed by atoms with Crippen molar-refractivity contribution in [1.82, 2.24) is 0 Å². The van der Waals surface area contributed by atoms with Crippen LogP contribution in [0.25, 0.3) is 0 Å². The van der Waals surface area contributed by atoms with Crippen molar-refractivity contribution < 1.29 is 51.5 Å². The molecule has 0 radical (unpaired) electrons. The number of unbranched alkanes of at least 4 members (excludes halogenated alkanes) is 9. The zero-order chi connectivity index (χ0) is 21.3. The van der Waals surface area contributed by atoms with Crippen LogP contribution in [0.15, 0.2) is 0 Å². The second-order valence-electron chi connectivity index (χ2n) is 9.33. The van der Waals surface area contributed by atoms with Gasteiger partial charge in [-0.25, -0.2) is 8.42 Å². The molecule has 7 heteroatoms. The Balaban J connectivity index is 0.000000560. The molecule has 0 aromatic heterocycles. The van der Waals surface area contributed by atoms with E-state index >= 15 is 0 Å². The quantitative estimate of drug-likeness (QED) is 0.202. The minimum Gasteiger partial charge on any atom is -0.726 e. The van der Waals surface area contributed by atoms with Crippen LogP contribution in [-0.2, 0) is 19.4 Å². The van der Waals surface area contributed by atoms with E-state index in [2.05, 4.69) is 31.9 Å². The molecule has 0 aromatic carbocycles. The normalized spacial score (nSPS) is 24.7. The van der Waals surface area contributed by atoms with Crippen LogP contribution < -0.4 is 29.6 Å². The number of carbonyl (C=O) groups excluding carboxylic acids is 1. The van der Waals surface area contributed by atoms with Gasteiger partial charge in [0, 0.05) is 11.8 Å². The largest absolute Gasteiger partial charge is 1.00 e. The fourth-order valence-electron chi connectivity index (χ4n) is 4.65. The van der Waals surface area contributed by atoms with Crippen molar-refractivity contribution >= 4 is 16.2 Å².